The highest BCUT2D eigenvalue weighted by Crippen LogP contribution is 2.48. The van der Waals surface area contributed by atoms with Gasteiger partial charge in [0.1, 0.15) is 5.75 Å². The Balaban J connectivity index is 2.06. The molecule has 0 bridgehead atoms. The highest BCUT2D eigenvalue weighted by Gasteiger charge is 2.48. The van der Waals surface area contributed by atoms with E-state index in [-0.39, 0.29) is 5.91 Å². The van der Waals surface area contributed by atoms with Gasteiger partial charge in [-0.25, -0.2) is 0 Å². The maximum atomic E-state index is 13.6. The summed E-state index contributed by atoms with van der Waals surface area (Å²) in [6.07, 6.45) is 8.93. The fourth-order valence-corrected chi connectivity index (χ4v) is 6.13. The van der Waals surface area contributed by atoms with Crippen molar-refractivity contribution in [1.82, 2.24) is 5.32 Å². The van der Waals surface area contributed by atoms with Gasteiger partial charge in [0.15, 0.2) is 0 Å². The van der Waals surface area contributed by atoms with Crippen LogP contribution in [-0.2, 0) is 15.5 Å². The van der Waals surface area contributed by atoms with Crippen LogP contribution in [0.4, 0.5) is 0 Å². The van der Waals surface area contributed by atoms with Gasteiger partial charge in [-0.2, -0.15) is 0 Å². The van der Waals surface area contributed by atoms with E-state index in [0.29, 0.717) is 12.0 Å². The standard InChI is InChI=1S/C21H29Br2NO2/c1-14-7-5-6-10-21(14,20(25)24-16-8-3-4-9-16)17-12-18(23)15(13-22)11-19(17)26-2/h11-12,14,16H,3-10,13H2,1-2H3,(H,24,25). The molecule has 1 N–H and O–H groups in total. The maximum Gasteiger partial charge on any atom is 0.231 e. The zero-order valence-corrected chi connectivity index (χ0v) is 18.9. The number of rotatable bonds is 5. The van der Waals surface area contributed by atoms with Crippen molar-refractivity contribution in [1.29, 1.82) is 0 Å². The van der Waals surface area contributed by atoms with Gasteiger partial charge >= 0.3 is 0 Å². The average Bonchev–Trinajstić information content (AvgIpc) is 3.15. The maximum absolute atomic E-state index is 13.6. The summed E-state index contributed by atoms with van der Waals surface area (Å²) < 4.78 is 6.81. The second-order valence-electron chi connectivity index (χ2n) is 7.85. The van der Waals surface area contributed by atoms with Gasteiger partial charge in [0.25, 0.3) is 0 Å². The van der Waals surface area contributed by atoms with Crippen LogP contribution in [0.5, 0.6) is 5.75 Å². The molecule has 1 aromatic rings. The smallest absolute Gasteiger partial charge is 0.231 e. The van der Waals surface area contributed by atoms with Crippen molar-refractivity contribution in [2.75, 3.05) is 7.11 Å². The molecule has 3 nitrogen and oxygen atoms in total. The van der Waals surface area contributed by atoms with E-state index >= 15 is 0 Å². The molecule has 1 amide bonds. The minimum atomic E-state index is -0.500. The summed E-state index contributed by atoms with van der Waals surface area (Å²) in [5.41, 5.74) is 1.68. The Labute approximate surface area is 173 Å². The van der Waals surface area contributed by atoms with E-state index in [9.17, 15) is 4.79 Å². The van der Waals surface area contributed by atoms with Crippen molar-refractivity contribution in [3.63, 3.8) is 0 Å². The Morgan fingerprint density at radius 3 is 2.54 bits per heavy atom. The van der Waals surface area contributed by atoms with Crippen LogP contribution in [0.3, 0.4) is 0 Å². The van der Waals surface area contributed by atoms with Crippen molar-refractivity contribution in [2.24, 2.45) is 5.92 Å². The predicted octanol–water partition coefficient (Wildman–Crippen LogP) is 5.86. The summed E-state index contributed by atoms with van der Waals surface area (Å²) >= 11 is 7.24. The molecule has 26 heavy (non-hydrogen) atoms. The molecule has 0 aliphatic heterocycles. The van der Waals surface area contributed by atoms with Gasteiger partial charge in [-0.05, 0) is 49.3 Å². The molecule has 2 aliphatic rings. The summed E-state index contributed by atoms with van der Waals surface area (Å²) in [4.78, 5) is 13.6. The molecule has 0 radical (unpaired) electrons. The van der Waals surface area contributed by atoms with Gasteiger partial charge < -0.3 is 10.1 Å². The minimum absolute atomic E-state index is 0.202. The van der Waals surface area contributed by atoms with Crippen molar-refractivity contribution in [2.45, 2.75) is 75.1 Å². The van der Waals surface area contributed by atoms with Crippen LogP contribution in [0.15, 0.2) is 16.6 Å². The normalized spacial score (nSPS) is 26.7. The van der Waals surface area contributed by atoms with Crippen LogP contribution >= 0.6 is 31.9 Å². The number of alkyl halides is 1. The van der Waals surface area contributed by atoms with Gasteiger partial charge in [0, 0.05) is 21.4 Å². The third kappa shape index (κ3) is 3.71. The van der Waals surface area contributed by atoms with Crippen LogP contribution < -0.4 is 10.1 Å². The molecule has 2 saturated carbocycles. The van der Waals surface area contributed by atoms with Crippen LogP contribution in [0, 0.1) is 5.92 Å². The Morgan fingerprint density at radius 2 is 1.92 bits per heavy atom. The van der Waals surface area contributed by atoms with Gasteiger partial charge in [-0.1, -0.05) is 64.5 Å². The number of hydrogen-bond donors (Lipinski definition) is 1. The lowest BCUT2D eigenvalue weighted by Crippen LogP contribution is -2.52. The first-order valence-corrected chi connectivity index (χ1v) is 11.7. The predicted molar refractivity (Wildman–Crippen MR) is 113 cm³/mol. The second kappa shape index (κ2) is 8.64. The summed E-state index contributed by atoms with van der Waals surface area (Å²) in [5, 5.41) is 4.15. The number of carbonyl (C=O) groups is 1. The molecule has 0 spiro atoms. The summed E-state index contributed by atoms with van der Waals surface area (Å²) in [6, 6.07) is 4.54. The second-order valence-corrected chi connectivity index (χ2v) is 9.27. The first-order valence-electron chi connectivity index (χ1n) is 9.76. The molecule has 1 aromatic carbocycles. The number of amides is 1. The Kier molecular flexibility index (Phi) is 6.71. The largest absolute Gasteiger partial charge is 0.496 e. The lowest BCUT2D eigenvalue weighted by molar-refractivity contribution is -0.130. The fraction of sp³-hybridized carbons (Fsp3) is 0.667. The van der Waals surface area contributed by atoms with Crippen LogP contribution in [0.1, 0.15) is 69.4 Å². The van der Waals surface area contributed by atoms with Crippen LogP contribution in [-0.4, -0.2) is 19.1 Å². The van der Waals surface area contributed by atoms with Gasteiger partial charge in [-0.15, -0.1) is 0 Å². The monoisotopic (exact) mass is 485 g/mol. The van der Waals surface area contributed by atoms with E-state index in [1.54, 1.807) is 7.11 Å². The first kappa shape index (κ1) is 20.2. The molecule has 0 saturated heterocycles. The van der Waals surface area contributed by atoms with Gasteiger partial charge in [-0.3, -0.25) is 4.79 Å². The quantitative estimate of drug-likeness (QED) is 0.529. The number of halogens is 2. The highest BCUT2D eigenvalue weighted by atomic mass is 79.9. The highest BCUT2D eigenvalue weighted by molar-refractivity contribution is 9.10. The number of carbonyl (C=O) groups excluding carboxylic acids is 1. The average molecular weight is 487 g/mol. The molecule has 0 aromatic heterocycles. The lowest BCUT2D eigenvalue weighted by Gasteiger charge is -2.43. The third-order valence-electron chi connectivity index (χ3n) is 6.39. The zero-order chi connectivity index (χ0) is 18.7. The van der Waals surface area contributed by atoms with Gasteiger partial charge in [0.2, 0.25) is 5.91 Å². The SMILES string of the molecule is COc1cc(CBr)c(Br)cc1C1(C(=O)NC2CCCC2)CCCCC1C. The van der Waals surface area contributed by atoms with Crippen molar-refractivity contribution in [3.05, 3.63) is 27.7 Å². The number of methoxy groups -OCH3 is 1. The molecule has 2 aliphatic carbocycles. The molecule has 3 rings (SSSR count). The zero-order valence-electron chi connectivity index (χ0n) is 15.7. The van der Waals surface area contributed by atoms with Crippen molar-refractivity contribution >= 4 is 37.8 Å². The molecular weight excluding hydrogens is 458 g/mol. The molecule has 0 heterocycles. The molecule has 2 fully saturated rings. The topological polar surface area (TPSA) is 38.3 Å². The lowest BCUT2D eigenvalue weighted by atomic mass is 9.62. The number of benzene rings is 1. The van der Waals surface area contributed by atoms with E-state index in [0.717, 1.165) is 58.8 Å². The molecular formula is C21H29Br2NO2. The van der Waals surface area contributed by atoms with Crippen LogP contribution in [0.25, 0.3) is 0 Å². The first-order chi connectivity index (χ1) is 12.5. The fourth-order valence-electron chi connectivity index (χ4n) is 4.81. The molecule has 144 valence electrons. The van der Waals surface area contributed by atoms with E-state index in [4.69, 9.17) is 4.74 Å². The third-order valence-corrected chi connectivity index (χ3v) is 7.73. The molecule has 2 unspecified atom stereocenters. The van der Waals surface area contributed by atoms with Crippen LogP contribution in [0.2, 0.25) is 0 Å². The Morgan fingerprint density at radius 1 is 1.23 bits per heavy atom. The van der Waals surface area contributed by atoms with E-state index in [2.05, 4.69) is 56.2 Å². The van der Waals surface area contributed by atoms with E-state index in [1.807, 2.05) is 0 Å². The van der Waals surface area contributed by atoms with E-state index in [1.165, 1.54) is 19.3 Å². The van der Waals surface area contributed by atoms with E-state index < -0.39 is 5.41 Å². The number of ether oxygens (including phenoxy) is 1. The number of nitrogens with one attached hydrogen (secondary N) is 1. The molecule has 2 atom stereocenters. The van der Waals surface area contributed by atoms with Gasteiger partial charge in [0.05, 0.1) is 12.5 Å². The Hall–Kier alpha value is -0.550. The van der Waals surface area contributed by atoms with Crippen molar-refractivity contribution in [3.8, 4) is 5.75 Å². The summed E-state index contributed by atoms with van der Waals surface area (Å²) in [7, 11) is 1.71. The summed E-state index contributed by atoms with van der Waals surface area (Å²) in [6.45, 7) is 2.24. The summed E-state index contributed by atoms with van der Waals surface area (Å²) in [5.74, 6) is 1.33. The van der Waals surface area contributed by atoms with Crippen molar-refractivity contribution < 1.29 is 9.53 Å². The Bertz CT molecular complexity index is 658. The number of hydrogen-bond acceptors (Lipinski definition) is 2. The molecule has 5 heteroatoms. The minimum Gasteiger partial charge on any atom is -0.496 e.